The predicted molar refractivity (Wildman–Crippen MR) is 59.0 cm³/mol. The van der Waals surface area contributed by atoms with E-state index in [2.05, 4.69) is 13.8 Å². The number of ether oxygens (including phenoxy) is 1. The van der Waals surface area contributed by atoms with Crippen molar-refractivity contribution in [1.82, 2.24) is 0 Å². The average Bonchev–Trinajstić information content (AvgIpc) is 2.65. The molecule has 0 amide bonds. The predicted octanol–water partition coefficient (Wildman–Crippen LogP) is 3.44. The van der Waals surface area contributed by atoms with Gasteiger partial charge in [-0.2, -0.15) is 0 Å². The highest BCUT2D eigenvalue weighted by Gasteiger charge is 2.17. The minimum absolute atomic E-state index is 0.183. The molecule has 1 heterocycles. The van der Waals surface area contributed by atoms with Crippen molar-refractivity contribution in [3.8, 4) is 0 Å². The monoisotopic (exact) mass is 212 g/mol. The van der Waals surface area contributed by atoms with Crippen LogP contribution in [0.25, 0.3) is 0 Å². The quantitative estimate of drug-likeness (QED) is 0.715. The molecule has 1 unspecified atom stereocenters. The fourth-order valence-electron chi connectivity index (χ4n) is 1.29. The van der Waals surface area contributed by atoms with Crippen LogP contribution in [0.1, 0.15) is 48.3 Å². The van der Waals surface area contributed by atoms with Crippen molar-refractivity contribution in [2.45, 2.75) is 33.1 Å². The van der Waals surface area contributed by atoms with Crippen molar-refractivity contribution in [3.63, 3.8) is 0 Å². The Labute approximate surface area is 88.9 Å². The molecule has 78 valence electrons. The molecule has 0 saturated heterocycles. The van der Waals surface area contributed by atoms with Gasteiger partial charge in [0.15, 0.2) is 0 Å². The summed E-state index contributed by atoms with van der Waals surface area (Å²) in [5.41, 5.74) is 1.12. The average molecular weight is 212 g/mol. The highest BCUT2D eigenvalue weighted by atomic mass is 32.1. The van der Waals surface area contributed by atoms with Gasteiger partial charge in [-0.15, -0.1) is 11.3 Å². The Morgan fingerprint density at radius 3 is 2.86 bits per heavy atom. The number of esters is 1. The van der Waals surface area contributed by atoms with Crippen molar-refractivity contribution >= 4 is 17.3 Å². The second-order valence-corrected chi connectivity index (χ2v) is 4.15. The van der Waals surface area contributed by atoms with Crippen LogP contribution in [0.5, 0.6) is 0 Å². The molecular weight excluding hydrogens is 196 g/mol. The molecule has 14 heavy (non-hydrogen) atoms. The Morgan fingerprint density at radius 1 is 1.57 bits per heavy atom. The normalized spacial score (nSPS) is 12.5. The molecule has 0 bridgehead atoms. The molecule has 0 aromatic carbocycles. The maximum absolute atomic E-state index is 11.5. The SMILES string of the molecule is CCOC(=O)c1sccc1C(C)CC. The van der Waals surface area contributed by atoms with E-state index in [0.29, 0.717) is 12.5 Å². The molecule has 0 aliphatic heterocycles. The lowest BCUT2D eigenvalue weighted by Gasteiger charge is -2.08. The van der Waals surface area contributed by atoms with Crippen molar-refractivity contribution in [2.75, 3.05) is 6.61 Å². The van der Waals surface area contributed by atoms with E-state index in [1.54, 1.807) is 0 Å². The summed E-state index contributed by atoms with van der Waals surface area (Å²) < 4.78 is 4.99. The van der Waals surface area contributed by atoms with Crippen LogP contribution in [-0.2, 0) is 4.74 Å². The van der Waals surface area contributed by atoms with Crippen molar-refractivity contribution in [3.05, 3.63) is 21.9 Å². The lowest BCUT2D eigenvalue weighted by atomic mass is 9.99. The van der Waals surface area contributed by atoms with E-state index >= 15 is 0 Å². The second kappa shape index (κ2) is 5.15. The summed E-state index contributed by atoms with van der Waals surface area (Å²) in [5.74, 6) is 0.249. The molecule has 0 aliphatic carbocycles. The maximum Gasteiger partial charge on any atom is 0.348 e. The van der Waals surface area contributed by atoms with Crippen LogP contribution in [0.4, 0.5) is 0 Å². The Morgan fingerprint density at radius 2 is 2.29 bits per heavy atom. The first-order valence-electron chi connectivity index (χ1n) is 4.95. The zero-order valence-electron chi connectivity index (χ0n) is 8.87. The zero-order chi connectivity index (χ0) is 10.6. The molecular formula is C11H16O2S. The minimum atomic E-state index is -0.183. The lowest BCUT2D eigenvalue weighted by Crippen LogP contribution is -2.06. The highest BCUT2D eigenvalue weighted by molar-refractivity contribution is 7.12. The Hall–Kier alpha value is -0.830. The van der Waals surface area contributed by atoms with Gasteiger partial charge >= 0.3 is 5.97 Å². The van der Waals surface area contributed by atoms with Gasteiger partial charge in [-0.1, -0.05) is 13.8 Å². The molecule has 0 aliphatic rings. The Bertz CT molecular complexity index is 304. The molecule has 1 rings (SSSR count). The molecule has 0 spiro atoms. The summed E-state index contributed by atoms with van der Waals surface area (Å²) in [5, 5.41) is 1.95. The van der Waals surface area contributed by atoms with Crippen molar-refractivity contribution in [1.29, 1.82) is 0 Å². The second-order valence-electron chi connectivity index (χ2n) is 3.23. The van der Waals surface area contributed by atoms with Crippen molar-refractivity contribution in [2.24, 2.45) is 0 Å². The largest absolute Gasteiger partial charge is 0.462 e. The van der Waals surface area contributed by atoms with Crippen LogP contribution in [0, 0.1) is 0 Å². The summed E-state index contributed by atoms with van der Waals surface area (Å²) in [6.45, 7) is 6.52. The number of hydrogen-bond acceptors (Lipinski definition) is 3. The van der Waals surface area contributed by atoms with Gasteiger partial charge in [0.2, 0.25) is 0 Å². The summed E-state index contributed by atoms with van der Waals surface area (Å²) in [4.78, 5) is 12.3. The lowest BCUT2D eigenvalue weighted by molar-refractivity contribution is 0.0530. The van der Waals surface area contributed by atoms with E-state index in [-0.39, 0.29) is 5.97 Å². The van der Waals surface area contributed by atoms with Crippen LogP contribution < -0.4 is 0 Å². The Balaban J connectivity index is 2.86. The fraction of sp³-hybridized carbons (Fsp3) is 0.545. The van der Waals surface area contributed by atoms with Gasteiger partial charge in [0.25, 0.3) is 0 Å². The van der Waals surface area contributed by atoms with Crippen LogP contribution >= 0.6 is 11.3 Å². The molecule has 0 saturated carbocycles. The Kier molecular flexibility index (Phi) is 4.14. The number of thiophene rings is 1. The summed E-state index contributed by atoms with van der Waals surface area (Å²) in [6.07, 6.45) is 1.04. The molecule has 1 atom stereocenters. The third-order valence-corrected chi connectivity index (χ3v) is 3.21. The molecule has 0 fully saturated rings. The standard InChI is InChI=1S/C11H16O2S/c1-4-8(3)9-6-7-14-10(9)11(12)13-5-2/h6-8H,4-5H2,1-3H3. The first-order valence-corrected chi connectivity index (χ1v) is 5.83. The van der Waals surface area contributed by atoms with E-state index in [1.807, 2.05) is 18.4 Å². The first kappa shape index (κ1) is 11.2. The van der Waals surface area contributed by atoms with Crippen LogP contribution in [0.15, 0.2) is 11.4 Å². The third-order valence-electron chi connectivity index (χ3n) is 2.30. The molecule has 3 heteroatoms. The summed E-state index contributed by atoms with van der Waals surface area (Å²) in [7, 11) is 0. The summed E-state index contributed by atoms with van der Waals surface area (Å²) >= 11 is 1.47. The topological polar surface area (TPSA) is 26.3 Å². The van der Waals surface area contributed by atoms with E-state index < -0.39 is 0 Å². The van der Waals surface area contributed by atoms with Crippen LogP contribution in [0.2, 0.25) is 0 Å². The minimum Gasteiger partial charge on any atom is -0.462 e. The van der Waals surface area contributed by atoms with E-state index in [4.69, 9.17) is 4.74 Å². The molecule has 1 aromatic heterocycles. The molecule has 0 N–H and O–H groups in total. The smallest absolute Gasteiger partial charge is 0.348 e. The van der Waals surface area contributed by atoms with E-state index in [1.165, 1.54) is 11.3 Å². The van der Waals surface area contributed by atoms with Gasteiger partial charge in [0, 0.05) is 0 Å². The van der Waals surface area contributed by atoms with E-state index in [0.717, 1.165) is 16.9 Å². The van der Waals surface area contributed by atoms with Crippen LogP contribution in [0.3, 0.4) is 0 Å². The van der Waals surface area contributed by atoms with Gasteiger partial charge in [0.1, 0.15) is 4.88 Å². The number of carbonyl (C=O) groups is 1. The molecule has 2 nitrogen and oxygen atoms in total. The zero-order valence-corrected chi connectivity index (χ0v) is 9.69. The van der Waals surface area contributed by atoms with Gasteiger partial charge in [0.05, 0.1) is 6.61 Å². The molecule has 0 radical (unpaired) electrons. The van der Waals surface area contributed by atoms with Crippen LogP contribution in [-0.4, -0.2) is 12.6 Å². The van der Waals surface area contributed by atoms with E-state index in [9.17, 15) is 4.79 Å². The summed E-state index contributed by atoms with van der Waals surface area (Å²) in [6, 6.07) is 2.02. The van der Waals surface area contributed by atoms with Gasteiger partial charge in [-0.05, 0) is 36.3 Å². The van der Waals surface area contributed by atoms with Crippen molar-refractivity contribution < 1.29 is 9.53 Å². The van der Waals surface area contributed by atoms with Gasteiger partial charge < -0.3 is 4.74 Å². The number of rotatable bonds is 4. The fourth-order valence-corrected chi connectivity index (χ4v) is 2.20. The maximum atomic E-state index is 11.5. The van der Waals surface area contributed by atoms with Gasteiger partial charge in [-0.25, -0.2) is 4.79 Å². The third kappa shape index (κ3) is 2.35. The first-order chi connectivity index (χ1) is 6.70. The molecule has 1 aromatic rings. The number of hydrogen-bond donors (Lipinski definition) is 0. The highest BCUT2D eigenvalue weighted by Crippen LogP contribution is 2.27. The number of carbonyl (C=O) groups excluding carboxylic acids is 1. The van der Waals surface area contributed by atoms with Gasteiger partial charge in [-0.3, -0.25) is 0 Å².